The minimum absolute atomic E-state index is 0.0486. The minimum Gasteiger partial charge on any atom is -0.448 e. The Morgan fingerprint density at radius 3 is 2.23 bits per heavy atom. The Bertz CT molecular complexity index is 850. The molecular formula is C21H24F3N3O4. The molecule has 1 aromatic rings. The Morgan fingerprint density at radius 1 is 0.968 bits per heavy atom. The summed E-state index contributed by atoms with van der Waals surface area (Å²) in [5, 5.41) is 0. The lowest BCUT2D eigenvalue weighted by Crippen LogP contribution is -2.52. The van der Waals surface area contributed by atoms with E-state index < -0.39 is 23.7 Å². The van der Waals surface area contributed by atoms with E-state index in [4.69, 9.17) is 4.74 Å². The van der Waals surface area contributed by atoms with E-state index in [1.54, 1.807) is 9.80 Å². The normalized spacial score (nSPS) is 22.7. The van der Waals surface area contributed by atoms with Gasteiger partial charge in [0.15, 0.2) is 0 Å². The highest BCUT2D eigenvalue weighted by Gasteiger charge is 2.40. The molecule has 0 bridgehead atoms. The van der Waals surface area contributed by atoms with Gasteiger partial charge in [0.05, 0.1) is 12.1 Å². The molecule has 1 atom stereocenters. The predicted octanol–water partition coefficient (Wildman–Crippen LogP) is 2.75. The van der Waals surface area contributed by atoms with Crippen LogP contribution in [0, 0.1) is 0 Å². The van der Waals surface area contributed by atoms with E-state index >= 15 is 0 Å². The molecule has 3 amide bonds. The number of rotatable bonds is 3. The number of nitrogens with zero attached hydrogens (tertiary/aromatic N) is 3. The van der Waals surface area contributed by atoms with Gasteiger partial charge in [-0.25, -0.2) is 4.79 Å². The van der Waals surface area contributed by atoms with Gasteiger partial charge in [-0.2, -0.15) is 13.2 Å². The van der Waals surface area contributed by atoms with Gasteiger partial charge in [0, 0.05) is 31.2 Å². The topological polar surface area (TPSA) is 70.2 Å². The summed E-state index contributed by atoms with van der Waals surface area (Å²) in [6.45, 7) is 2.33. The van der Waals surface area contributed by atoms with Gasteiger partial charge in [-0.05, 0) is 49.9 Å². The number of carbonyl (C=O) groups excluding carboxylic acids is 3. The molecule has 7 nitrogen and oxygen atoms in total. The van der Waals surface area contributed by atoms with Gasteiger partial charge < -0.3 is 19.4 Å². The molecule has 0 aromatic heterocycles. The number of hydrogen-bond donors (Lipinski definition) is 0. The average Bonchev–Trinajstić information content (AvgIpc) is 3.41. The highest BCUT2D eigenvalue weighted by Crippen LogP contribution is 2.30. The van der Waals surface area contributed by atoms with Crippen molar-refractivity contribution in [2.24, 2.45) is 0 Å². The molecule has 3 saturated heterocycles. The second kappa shape index (κ2) is 8.39. The molecule has 0 unspecified atom stereocenters. The summed E-state index contributed by atoms with van der Waals surface area (Å²) in [6, 6.07) is 3.52. The monoisotopic (exact) mass is 439 g/mol. The van der Waals surface area contributed by atoms with E-state index in [1.165, 1.54) is 4.90 Å². The van der Waals surface area contributed by atoms with Crippen LogP contribution in [0.5, 0.6) is 0 Å². The number of cyclic esters (lactones) is 1. The first-order chi connectivity index (χ1) is 14.8. The van der Waals surface area contributed by atoms with Crippen molar-refractivity contribution in [2.75, 3.05) is 32.8 Å². The Kier molecular flexibility index (Phi) is 5.81. The van der Waals surface area contributed by atoms with Crippen molar-refractivity contribution in [3.05, 3.63) is 35.4 Å². The third kappa shape index (κ3) is 4.33. The lowest BCUT2D eigenvalue weighted by Gasteiger charge is -2.37. The number of ether oxygens (including phenoxy) is 1. The maximum absolute atomic E-state index is 13.1. The largest absolute Gasteiger partial charge is 0.448 e. The van der Waals surface area contributed by atoms with Crippen LogP contribution in [0.1, 0.15) is 41.6 Å². The van der Waals surface area contributed by atoms with Crippen molar-refractivity contribution >= 4 is 17.9 Å². The molecular weight excluding hydrogens is 415 g/mol. The van der Waals surface area contributed by atoms with Crippen molar-refractivity contribution in [2.45, 2.75) is 43.9 Å². The first kappa shape index (κ1) is 21.5. The lowest BCUT2D eigenvalue weighted by molar-refractivity contribution is -0.137. The molecule has 10 heteroatoms. The van der Waals surface area contributed by atoms with Crippen LogP contribution in [0.3, 0.4) is 0 Å². The molecule has 3 heterocycles. The summed E-state index contributed by atoms with van der Waals surface area (Å²) in [5.41, 5.74) is -0.679. The maximum atomic E-state index is 13.1. The van der Waals surface area contributed by atoms with Gasteiger partial charge >= 0.3 is 12.3 Å². The second-order valence-corrected chi connectivity index (χ2v) is 8.10. The summed E-state index contributed by atoms with van der Waals surface area (Å²) < 4.78 is 43.3. The van der Waals surface area contributed by atoms with Gasteiger partial charge in [0.25, 0.3) is 5.91 Å². The van der Waals surface area contributed by atoms with Crippen molar-refractivity contribution in [3.8, 4) is 0 Å². The van der Waals surface area contributed by atoms with Crippen LogP contribution >= 0.6 is 0 Å². The number of amides is 3. The zero-order valence-electron chi connectivity index (χ0n) is 16.9. The molecule has 0 radical (unpaired) electrons. The SMILES string of the molecule is O=C([C@H]1CCCN1C(=O)c1ccc(C(F)(F)F)cc1)N1CCC(N2CCOC2=O)CC1. The Morgan fingerprint density at radius 2 is 1.65 bits per heavy atom. The molecule has 31 heavy (non-hydrogen) atoms. The van der Waals surface area contributed by atoms with Crippen LogP contribution in [-0.2, 0) is 15.7 Å². The minimum atomic E-state index is -4.47. The standard InChI is InChI=1S/C21H24F3N3O4/c22-21(23,24)15-5-3-14(4-6-15)18(28)27-9-1-2-17(27)19(29)25-10-7-16(8-11-25)26-12-13-31-20(26)30/h3-6,16-17H,1-2,7-13H2/t17-/m1/s1. The Labute approximate surface area is 177 Å². The van der Waals surface area contributed by atoms with Crippen molar-refractivity contribution in [1.29, 1.82) is 0 Å². The number of carbonyl (C=O) groups is 3. The van der Waals surface area contributed by atoms with Crippen molar-refractivity contribution < 1.29 is 32.3 Å². The van der Waals surface area contributed by atoms with Crippen LogP contribution < -0.4 is 0 Å². The first-order valence-corrected chi connectivity index (χ1v) is 10.5. The van der Waals surface area contributed by atoms with Gasteiger partial charge in [-0.15, -0.1) is 0 Å². The smallest absolute Gasteiger partial charge is 0.416 e. The number of halogens is 3. The zero-order valence-corrected chi connectivity index (χ0v) is 16.9. The molecule has 0 saturated carbocycles. The molecule has 3 fully saturated rings. The summed E-state index contributed by atoms with van der Waals surface area (Å²) in [5.74, 6) is -0.570. The van der Waals surface area contributed by atoms with Crippen molar-refractivity contribution in [3.63, 3.8) is 0 Å². The summed E-state index contributed by atoms with van der Waals surface area (Å²) in [6.07, 6.45) is -2.27. The average molecular weight is 439 g/mol. The van der Waals surface area contributed by atoms with Gasteiger partial charge in [0.1, 0.15) is 12.6 Å². The summed E-state index contributed by atoms with van der Waals surface area (Å²) >= 11 is 0. The predicted molar refractivity (Wildman–Crippen MR) is 103 cm³/mol. The number of piperidine rings is 1. The zero-order chi connectivity index (χ0) is 22.2. The fourth-order valence-electron chi connectivity index (χ4n) is 4.58. The third-order valence-corrected chi connectivity index (χ3v) is 6.27. The van der Waals surface area contributed by atoms with Crippen LogP contribution in [0.4, 0.5) is 18.0 Å². The molecule has 0 aliphatic carbocycles. The number of hydrogen-bond acceptors (Lipinski definition) is 4. The molecule has 1 aromatic carbocycles. The highest BCUT2D eigenvalue weighted by atomic mass is 19.4. The van der Waals surface area contributed by atoms with E-state index in [0.29, 0.717) is 58.5 Å². The highest BCUT2D eigenvalue weighted by molar-refractivity contribution is 5.98. The van der Waals surface area contributed by atoms with Crippen LogP contribution in [0.25, 0.3) is 0 Å². The van der Waals surface area contributed by atoms with E-state index in [2.05, 4.69) is 0 Å². The molecule has 3 aliphatic heterocycles. The molecule has 0 N–H and O–H groups in total. The quantitative estimate of drug-likeness (QED) is 0.726. The Balaban J connectivity index is 1.38. The van der Waals surface area contributed by atoms with Crippen LogP contribution in [-0.4, -0.2) is 77.5 Å². The molecule has 168 valence electrons. The van der Waals surface area contributed by atoms with E-state index in [9.17, 15) is 27.6 Å². The third-order valence-electron chi connectivity index (χ3n) is 6.27. The van der Waals surface area contributed by atoms with Gasteiger partial charge in [0.2, 0.25) is 5.91 Å². The second-order valence-electron chi connectivity index (χ2n) is 8.10. The van der Waals surface area contributed by atoms with Gasteiger partial charge in [-0.1, -0.05) is 0 Å². The number of benzene rings is 1. The fourth-order valence-corrected chi connectivity index (χ4v) is 4.58. The summed E-state index contributed by atoms with van der Waals surface area (Å²) in [7, 11) is 0. The van der Waals surface area contributed by atoms with Crippen LogP contribution in [0.2, 0.25) is 0 Å². The van der Waals surface area contributed by atoms with Crippen molar-refractivity contribution in [1.82, 2.24) is 14.7 Å². The molecule has 3 aliphatic rings. The van der Waals surface area contributed by atoms with E-state index in [-0.39, 0.29) is 23.6 Å². The van der Waals surface area contributed by atoms with Gasteiger partial charge in [-0.3, -0.25) is 9.59 Å². The number of alkyl halides is 3. The number of likely N-dealkylation sites (tertiary alicyclic amines) is 2. The lowest BCUT2D eigenvalue weighted by atomic mass is 10.0. The summed E-state index contributed by atoms with van der Waals surface area (Å²) in [4.78, 5) is 42.6. The van der Waals surface area contributed by atoms with E-state index in [0.717, 1.165) is 24.3 Å². The molecule has 4 rings (SSSR count). The molecule has 0 spiro atoms. The first-order valence-electron chi connectivity index (χ1n) is 10.5. The van der Waals surface area contributed by atoms with E-state index in [1.807, 2.05) is 0 Å². The fraction of sp³-hybridized carbons (Fsp3) is 0.571. The maximum Gasteiger partial charge on any atom is 0.416 e. The van der Waals surface area contributed by atoms with Crippen LogP contribution in [0.15, 0.2) is 24.3 Å². The Hall–Kier alpha value is -2.78.